The van der Waals surface area contributed by atoms with E-state index in [9.17, 15) is 14.4 Å². The standard InChI is InChI=1S/C23H26N2O6/c1-29-19-8-6-15(7-9-19)21(14-4-5-14)25-20(26)13-24-18-11-16(22(27)30-2)10-17(12-18)23(28)31-3/h6-12,14,21,24H,4-5,13H2,1-3H3,(H,25,26). The topological polar surface area (TPSA) is 103 Å². The number of hydrogen-bond acceptors (Lipinski definition) is 7. The molecule has 164 valence electrons. The smallest absolute Gasteiger partial charge is 0.337 e. The molecular weight excluding hydrogens is 400 g/mol. The van der Waals surface area contributed by atoms with Gasteiger partial charge < -0.3 is 24.8 Å². The molecule has 2 aromatic rings. The molecule has 0 saturated heterocycles. The van der Waals surface area contributed by atoms with Crippen LogP contribution in [-0.2, 0) is 14.3 Å². The Balaban J connectivity index is 1.68. The van der Waals surface area contributed by atoms with E-state index in [2.05, 4.69) is 10.6 Å². The van der Waals surface area contributed by atoms with Gasteiger partial charge in [-0.25, -0.2) is 9.59 Å². The van der Waals surface area contributed by atoms with E-state index in [1.165, 1.54) is 32.4 Å². The predicted molar refractivity (Wildman–Crippen MR) is 114 cm³/mol. The fourth-order valence-electron chi connectivity index (χ4n) is 3.32. The van der Waals surface area contributed by atoms with Crippen LogP contribution < -0.4 is 15.4 Å². The second-order valence-corrected chi connectivity index (χ2v) is 7.29. The Morgan fingerprint density at radius 3 is 2.00 bits per heavy atom. The fourth-order valence-corrected chi connectivity index (χ4v) is 3.32. The molecule has 1 aliphatic carbocycles. The van der Waals surface area contributed by atoms with Gasteiger partial charge in [-0.3, -0.25) is 4.79 Å². The number of rotatable bonds is 9. The highest BCUT2D eigenvalue weighted by molar-refractivity contribution is 5.97. The SMILES string of the molecule is COC(=O)c1cc(NCC(=O)NC(c2ccc(OC)cc2)C2CC2)cc(C(=O)OC)c1. The second-order valence-electron chi connectivity index (χ2n) is 7.29. The molecule has 1 fully saturated rings. The number of nitrogens with one attached hydrogen (secondary N) is 2. The second kappa shape index (κ2) is 9.97. The van der Waals surface area contributed by atoms with Crippen LogP contribution in [0, 0.1) is 5.92 Å². The van der Waals surface area contributed by atoms with E-state index in [0.29, 0.717) is 11.6 Å². The summed E-state index contributed by atoms with van der Waals surface area (Å²) >= 11 is 0. The van der Waals surface area contributed by atoms with Gasteiger partial charge in [-0.2, -0.15) is 0 Å². The average molecular weight is 426 g/mol. The molecule has 1 unspecified atom stereocenters. The Kier molecular flexibility index (Phi) is 7.12. The van der Waals surface area contributed by atoms with E-state index < -0.39 is 11.9 Å². The van der Waals surface area contributed by atoms with Crippen LogP contribution in [0.25, 0.3) is 0 Å². The summed E-state index contributed by atoms with van der Waals surface area (Å²) in [7, 11) is 4.12. The van der Waals surface area contributed by atoms with E-state index in [-0.39, 0.29) is 29.6 Å². The summed E-state index contributed by atoms with van der Waals surface area (Å²) < 4.78 is 14.7. The van der Waals surface area contributed by atoms with Crippen molar-refractivity contribution in [2.45, 2.75) is 18.9 Å². The van der Waals surface area contributed by atoms with Gasteiger partial charge in [0.05, 0.1) is 45.0 Å². The minimum Gasteiger partial charge on any atom is -0.497 e. The van der Waals surface area contributed by atoms with Crippen LogP contribution in [0.3, 0.4) is 0 Å². The molecule has 1 atom stereocenters. The van der Waals surface area contributed by atoms with Crippen LogP contribution in [0.2, 0.25) is 0 Å². The van der Waals surface area contributed by atoms with E-state index >= 15 is 0 Å². The highest BCUT2D eigenvalue weighted by atomic mass is 16.5. The molecule has 0 heterocycles. The van der Waals surface area contributed by atoms with E-state index in [1.54, 1.807) is 7.11 Å². The van der Waals surface area contributed by atoms with Crippen molar-refractivity contribution in [2.24, 2.45) is 5.92 Å². The number of carbonyl (C=O) groups is 3. The number of esters is 2. The van der Waals surface area contributed by atoms with Crippen molar-refractivity contribution in [3.63, 3.8) is 0 Å². The molecule has 8 heteroatoms. The van der Waals surface area contributed by atoms with Gasteiger partial charge >= 0.3 is 11.9 Å². The zero-order valence-electron chi connectivity index (χ0n) is 17.8. The zero-order valence-corrected chi connectivity index (χ0v) is 17.8. The van der Waals surface area contributed by atoms with Crippen molar-refractivity contribution in [3.8, 4) is 5.75 Å². The molecule has 0 aromatic heterocycles. The maximum atomic E-state index is 12.6. The van der Waals surface area contributed by atoms with Gasteiger partial charge in [0.2, 0.25) is 5.91 Å². The molecule has 8 nitrogen and oxygen atoms in total. The molecule has 0 aliphatic heterocycles. The summed E-state index contributed by atoms with van der Waals surface area (Å²) in [5.74, 6) is -0.210. The number of benzene rings is 2. The number of hydrogen-bond donors (Lipinski definition) is 2. The number of methoxy groups -OCH3 is 3. The van der Waals surface area contributed by atoms with Crippen LogP contribution in [0.4, 0.5) is 5.69 Å². The van der Waals surface area contributed by atoms with E-state index in [4.69, 9.17) is 14.2 Å². The van der Waals surface area contributed by atoms with Crippen LogP contribution in [-0.4, -0.2) is 45.7 Å². The fraction of sp³-hybridized carbons (Fsp3) is 0.348. The van der Waals surface area contributed by atoms with E-state index in [1.807, 2.05) is 24.3 Å². The molecule has 2 N–H and O–H groups in total. The summed E-state index contributed by atoms with van der Waals surface area (Å²) in [5.41, 5.74) is 1.83. The largest absolute Gasteiger partial charge is 0.497 e. The maximum Gasteiger partial charge on any atom is 0.337 e. The Labute approximate surface area is 180 Å². The molecule has 0 radical (unpaired) electrons. The lowest BCUT2D eigenvalue weighted by Crippen LogP contribution is -2.34. The summed E-state index contributed by atoms with van der Waals surface area (Å²) in [6.45, 7) is -0.0232. The summed E-state index contributed by atoms with van der Waals surface area (Å²) in [6.07, 6.45) is 2.13. The Morgan fingerprint density at radius 1 is 0.935 bits per heavy atom. The summed E-state index contributed by atoms with van der Waals surface area (Å²) in [5, 5.41) is 6.04. The Bertz CT molecular complexity index is 919. The van der Waals surface area contributed by atoms with Gasteiger partial charge in [0.15, 0.2) is 0 Å². The van der Waals surface area contributed by atoms with Gasteiger partial charge in [-0.1, -0.05) is 12.1 Å². The van der Waals surface area contributed by atoms with Gasteiger partial charge in [0, 0.05) is 5.69 Å². The highest BCUT2D eigenvalue weighted by Crippen LogP contribution is 2.41. The van der Waals surface area contributed by atoms with Crippen molar-refractivity contribution in [1.29, 1.82) is 0 Å². The minimum atomic E-state index is -0.591. The molecule has 1 aliphatic rings. The number of amides is 1. The van der Waals surface area contributed by atoms with Crippen molar-refractivity contribution >= 4 is 23.5 Å². The molecule has 31 heavy (non-hydrogen) atoms. The lowest BCUT2D eigenvalue weighted by molar-refractivity contribution is -0.120. The van der Waals surface area contributed by atoms with Crippen molar-refractivity contribution in [1.82, 2.24) is 5.32 Å². The van der Waals surface area contributed by atoms with Gasteiger partial charge in [0.25, 0.3) is 0 Å². The zero-order chi connectivity index (χ0) is 22.4. The summed E-state index contributed by atoms with van der Waals surface area (Å²) in [4.78, 5) is 36.4. The summed E-state index contributed by atoms with van der Waals surface area (Å²) in [6, 6.07) is 12.0. The lowest BCUT2D eigenvalue weighted by Gasteiger charge is -2.20. The number of ether oxygens (including phenoxy) is 3. The Morgan fingerprint density at radius 2 is 1.52 bits per heavy atom. The average Bonchev–Trinajstić information content (AvgIpc) is 3.65. The van der Waals surface area contributed by atoms with Crippen LogP contribution >= 0.6 is 0 Å². The first-order valence-corrected chi connectivity index (χ1v) is 9.94. The monoisotopic (exact) mass is 426 g/mol. The Hall–Kier alpha value is -3.55. The minimum absolute atomic E-state index is 0.0232. The number of carbonyl (C=O) groups excluding carboxylic acids is 3. The van der Waals surface area contributed by atoms with Gasteiger partial charge in [-0.05, 0) is 54.7 Å². The first-order chi connectivity index (χ1) is 14.9. The first-order valence-electron chi connectivity index (χ1n) is 9.94. The molecule has 1 amide bonds. The third-order valence-corrected chi connectivity index (χ3v) is 5.11. The third-order valence-electron chi connectivity index (χ3n) is 5.11. The van der Waals surface area contributed by atoms with Gasteiger partial charge in [0.1, 0.15) is 5.75 Å². The van der Waals surface area contributed by atoms with E-state index in [0.717, 1.165) is 24.2 Å². The van der Waals surface area contributed by atoms with Crippen LogP contribution in [0.5, 0.6) is 5.75 Å². The van der Waals surface area contributed by atoms with Crippen molar-refractivity contribution < 1.29 is 28.6 Å². The quantitative estimate of drug-likeness (QED) is 0.594. The van der Waals surface area contributed by atoms with Gasteiger partial charge in [-0.15, -0.1) is 0 Å². The normalized spacial score (nSPS) is 13.6. The molecule has 3 rings (SSSR count). The molecule has 0 bridgehead atoms. The number of anilines is 1. The maximum absolute atomic E-state index is 12.6. The molecule has 1 saturated carbocycles. The molecule has 0 spiro atoms. The van der Waals surface area contributed by atoms with Crippen LogP contribution in [0.1, 0.15) is 45.2 Å². The first kappa shape index (κ1) is 22.1. The van der Waals surface area contributed by atoms with Crippen molar-refractivity contribution in [3.05, 3.63) is 59.2 Å². The molecular formula is C23H26N2O6. The highest BCUT2D eigenvalue weighted by Gasteiger charge is 2.33. The molecule has 2 aromatic carbocycles. The van der Waals surface area contributed by atoms with Crippen molar-refractivity contribution in [2.75, 3.05) is 33.2 Å². The third kappa shape index (κ3) is 5.75. The van der Waals surface area contributed by atoms with Crippen LogP contribution in [0.15, 0.2) is 42.5 Å². The predicted octanol–water partition coefficient (Wildman–Crippen LogP) is 2.95. The lowest BCUT2D eigenvalue weighted by atomic mass is 10.0.